The van der Waals surface area contributed by atoms with Gasteiger partial charge in [0, 0.05) is 4.88 Å². The van der Waals surface area contributed by atoms with E-state index in [4.69, 9.17) is 4.74 Å². The van der Waals surface area contributed by atoms with Crippen LogP contribution < -0.4 is 0 Å². The number of rotatable bonds is 6. The summed E-state index contributed by atoms with van der Waals surface area (Å²) in [4.78, 5) is 12.2. The summed E-state index contributed by atoms with van der Waals surface area (Å²) in [5, 5.41) is 11.1. The predicted octanol–water partition coefficient (Wildman–Crippen LogP) is 3.15. The van der Waals surface area contributed by atoms with E-state index >= 15 is 0 Å². The average molecular weight is 242 g/mol. The Morgan fingerprint density at radius 1 is 1.62 bits per heavy atom. The fourth-order valence-corrected chi connectivity index (χ4v) is 2.23. The quantitative estimate of drug-likeness (QED) is 0.833. The van der Waals surface area contributed by atoms with Crippen LogP contribution in [-0.4, -0.2) is 16.7 Å². The highest BCUT2D eigenvalue weighted by atomic mass is 32.1. The lowest BCUT2D eigenvalue weighted by Crippen LogP contribution is -2.39. The van der Waals surface area contributed by atoms with Gasteiger partial charge in [-0.1, -0.05) is 19.9 Å². The maximum Gasteiger partial charge on any atom is 0.335 e. The summed E-state index contributed by atoms with van der Waals surface area (Å²) in [7, 11) is 0. The third-order valence-corrected chi connectivity index (χ3v) is 3.21. The minimum atomic E-state index is -1.09. The lowest BCUT2D eigenvalue weighted by Gasteiger charge is -2.26. The smallest absolute Gasteiger partial charge is 0.335 e. The number of hydrogen-bond donors (Lipinski definition) is 1. The largest absolute Gasteiger partial charge is 0.479 e. The Balaban J connectivity index is 2.61. The number of hydrogen-bond acceptors (Lipinski definition) is 3. The maximum atomic E-state index is 11.2. The van der Waals surface area contributed by atoms with Crippen LogP contribution >= 0.6 is 11.3 Å². The highest BCUT2D eigenvalue weighted by Crippen LogP contribution is 2.24. The zero-order valence-electron chi connectivity index (χ0n) is 9.90. The highest BCUT2D eigenvalue weighted by Gasteiger charge is 2.34. The van der Waals surface area contributed by atoms with Crippen molar-refractivity contribution in [2.45, 2.75) is 39.4 Å². The van der Waals surface area contributed by atoms with Crippen LogP contribution in [0.3, 0.4) is 0 Å². The molecule has 1 heterocycles. The molecule has 0 saturated carbocycles. The Kier molecular flexibility index (Phi) is 4.50. The van der Waals surface area contributed by atoms with Crippen LogP contribution in [0.25, 0.3) is 0 Å². The molecule has 4 heteroatoms. The first kappa shape index (κ1) is 13.2. The van der Waals surface area contributed by atoms with Crippen molar-refractivity contribution in [2.75, 3.05) is 0 Å². The summed E-state index contributed by atoms with van der Waals surface area (Å²) in [6.45, 7) is 6.00. The molecule has 1 aromatic rings. The first-order chi connectivity index (χ1) is 7.44. The van der Waals surface area contributed by atoms with Gasteiger partial charge in [0.2, 0.25) is 0 Å². The zero-order chi connectivity index (χ0) is 12.2. The Morgan fingerprint density at radius 2 is 2.31 bits per heavy atom. The van der Waals surface area contributed by atoms with Crippen LogP contribution in [0.1, 0.15) is 32.1 Å². The maximum absolute atomic E-state index is 11.2. The van der Waals surface area contributed by atoms with Crippen LogP contribution in [-0.2, 0) is 16.1 Å². The highest BCUT2D eigenvalue weighted by molar-refractivity contribution is 7.09. The fraction of sp³-hybridized carbons (Fsp3) is 0.583. The summed E-state index contributed by atoms with van der Waals surface area (Å²) in [5.41, 5.74) is -1.09. The summed E-state index contributed by atoms with van der Waals surface area (Å²) < 4.78 is 5.56. The summed E-state index contributed by atoms with van der Waals surface area (Å²) in [5.74, 6) is -0.595. The minimum Gasteiger partial charge on any atom is -0.479 e. The molecule has 0 aliphatic carbocycles. The van der Waals surface area contributed by atoms with E-state index in [0.717, 1.165) is 4.88 Å². The third-order valence-electron chi connectivity index (χ3n) is 2.36. The van der Waals surface area contributed by atoms with E-state index in [9.17, 15) is 9.90 Å². The van der Waals surface area contributed by atoms with Gasteiger partial charge in [0.1, 0.15) is 0 Å². The third kappa shape index (κ3) is 3.61. The second-order valence-corrected chi connectivity index (χ2v) is 5.53. The lowest BCUT2D eigenvalue weighted by atomic mass is 9.94. The van der Waals surface area contributed by atoms with E-state index in [1.54, 1.807) is 18.3 Å². The monoisotopic (exact) mass is 242 g/mol. The van der Waals surface area contributed by atoms with Crippen molar-refractivity contribution < 1.29 is 14.6 Å². The van der Waals surface area contributed by atoms with Crippen molar-refractivity contribution in [1.29, 1.82) is 0 Å². The van der Waals surface area contributed by atoms with Crippen LogP contribution in [0.2, 0.25) is 0 Å². The molecule has 0 radical (unpaired) electrons. The van der Waals surface area contributed by atoms with Crippen LogP contribution in [0, 0.1) is 5.92 Å². The summed E-state index contributed by atoms with van der Waals surface area (Å²) in [6, 6.07) is 3.88. The van der Waals surface area contributed by atoms with Gasteiger partial charge in [-0.05, 0) is 30.7 Å². The molecule has 0 aliphatic rings. The van der Waals surface area contributed by atoms with E-state index in [1.807, 2.05) is 31.4 Å². The van der Waals surface area contributed by atoms with Gasteiger partial charge in [0.15, 0.2) is 5.60 Å². The number of aliphatic carboxylic acids is 1. The van der Waals surface area contributed by atoms with Gasteiger partial charge in [0.05, 0.1) is 6.61 Å². The van der Waals surface area contributed by atoms with Crippen LogP contribution in [0.5, 0.6) is 0 Å². The van der Waals surface area contributed by atoms with E-state index in [-0.39, 0.29) is 0 Å². The molecule has 0 amide bonds. The number of ether oxygens (including phenoxy) is 1. The second-order valence-electron chi connectivity index (χ2n) is 4.50. The molecule has 0 aliphatic heterocycles. The molecule has 90 valence electrons. The van der Waals surface area contributed by atoms with Gasteiger partial charge in [-0.15, -0.1) is 11.3 Å². The molecular weight excluding hydrogens is 224 g/mol. The van der Waals surface area contributed by atoms with E-state index < -0.39 is 11.6 Å². The van der Waals surface area contributed by atoms with Crippen LogP contribution in [0.15, 0.2) is 17.5 Å². The van der Waals surface area contributed by atoms with Crippen molar-refractivity contribution in [3.8, 4) is 0 Å². The van der Waals surface area contributed by atoms with Crippen molar-refractivity contribution in [3.05, 3.63) is 22.4 Å². The number of carboxylic acids is 1. The molecule has 1 rings (SSSR count). The number of carboxylic acid groups (broad SMARTS) is 1. The minimum absolute atomic E-state index is 0.296. The first-order valence-electron chi connectivity index (χ1n) is 5.34. The Morgan fingerprint density at radius 3 is 2.75 bits per heavy atom. The first-order valence-corrected chi connectivity index (χ1v) is 6.22. The lowest BCUT2D eigenvalue weighted by molar-refractivity contribution is -0.167. The van der Waals surface area contributed by atoms with Gasteiger partial charge in [-0.3, -0.25) is 0 Å². The summed E-state index contributed by atoms with van der Waals surface area (Å²) >= 11 is 1.58. The molecule has 1 N–H and O–H groups in total. The van der Waals surface area contributed by atoms with Crippen molar-refractivity contribution in [2.24, 2.45) is 5.92 Å². The van der Waals surface area contributed by atoms with Crippen molar-refractivity contribution in [3.63, 3.8) is 0 Å². The van der Waals surface area contributed by atoms with Crippen molar-refractivity contribution in [1.82, 2.24) is 0 Å². The van der Waals surface area contributed by atoms with Gasteiger partial charge in [-0.2, -0.15) is 0 Å². The Bertz CT molecular complexity index is 332. The predicted molar refractivity (Wildman–Crippen MR) is 64.6 cm³/mol. The molecule has 0 saturated heterocycles. The van der Waals surface area contributed by atoms with Gasteiger partial charge in [0.25, 0.3) is 0 Å². The summed E-state index contributed by atoms with van der Waals surface area (Å²) in [6.07, 6.45) is 0.522. The number of thiophene rings is 1. The second kappa shape index (κ2) is 5.46. The van der Waals surface area contributed by atoms with E-state index in [1.165, 1.54) is 0 Å². The van der Waals surface area contributed by atoms with Gasteiger partial charge < -0.3 is 9.84 Å². The standard InChI is InChI=1S/C12H18O3S/c1-9(2)7-12(3,11(13)14)15-8-10-5-4-6-16-10/h4-6,9H,7-8H2,1-3H3,(H,13,14). The number of carbonyl (C=O) groups is 1. The van der Waals surface area contributed by atoms with E-state index in [2.05, 4.69) is 0 Å². The van der Waals surface area contributed by atoms with Gasteiger partial charge in [-0.25, -0.2) is 4.79 Å². The molecule has 1 unspecified atom stereocenters. The molecule has 3 nitrogen and oxygen atoms in total. The molecule has 0 aromatic carbocycles. The Labute approximate surface area is 100 Å². The molecule has 1 aromatic heterocycles. The van der Waals surface area contributed by atoms with Gasteiger partial charge >= 0.3 is 5.97 Å². The SMILES string of the molecule is CC(C)CC(C)(OCc1cccs1)C(=O)O. The molecule has 1 atom stereocenters. The molecular formula is C12H18O3S. The van der Waals surface area contributed by atoms with Crippen LogP contribution in [0.4, 0.5) is 0 Å². The molecule has 0 fully saturated rings. The Hall–Kier alpha value is -0.870. The molecule has 0 bridgehead atoms. The van der Waals surface area contributed by atoms with E-state index in [0.29, 0.717) is 18.9 Å². The topological polar surface area (TPSA) is 46.5 Å². The van der Waals surface area contributed by atoms with Crippen molar-refractivity contribution >= 4 is 17.3 Å². The zero-order valence-corrected chi connectivity index (χ0v) is 10.7. The fourth-order valence-electron chi connectivity index (χ4n) is 1.61. The molecule has 0 spiro atoms. The average Bonchev–Trinajstić information content (AvgIpc) is 2.65. The molecule has 16 heavy (non-hydrogen) atoms. The normalized spacial score (nSPS) is 15.0.